The number of hydrogen-bond acceptors (Lipinski definition) is 3. The second-order valence-electron chi connectivity index (χ2n) is 4.56. The first kappa shape index (κ1) is 12.5. The minimum absolute atomic E-state index is 0.0423. The lowest BCUT2D eigenvalue weighted by molar-refractivity contribution is -0.136. The monoisotopic (exact) mass is 257 g/mol. The van der Waals surface area contributed by atoms with Crippen LogP contribution >= 0.6 is 11.8 Å². The highest BCUT2D eigenvalue weighted by atomic mass is 32.2. The maximum absolute atomic E-state index is 12.3. The third-order valence-corrected chi connectivity index (χ3v) is 4.35. The Morgan fingerprint density at radius 3 is 2.47 bits per heavy atom. The minimum Gasteiger partial charge on any atom is -0.351 e. The maximum Gasteiger partial charge on any atom is 0.314 e. The zero-order valence-electron chi connectivity index (χ0n) is 9.93. The number of urea groups is 1. The molecule has 3 amide bonds. The van der Waals surface area contributed by atoms with E-state index in [0.29, 0.717) is 13.1 Å². The van der Waals surface area contributed by atoms with Gasteiger partial charge in [-0.3, -0.25) is 4.79 Å². The summed E-state index contributed by atoms with van der Waals surface area (Å²) in [6.07, 6.45) is 1.76. The number of primary amides is 1. The number of carbonyl (C=O) groups excluding carboxylic acids is 2. The first-order valence-electron chi connectivity index (χ1n) is 6.09. The zero-order chi connectivity index (χ0) is 12.3. The van der Waals surface area contributed by atoms with Gasteiger partial charge in [-0.2, -0.15) is 11.8 Å². The fraction of sp³-hybridized carbons (Fsp3) is 0.818. The Bertz CT molecular complexity index is 305. The molecule has 0 radical (unpaired) electrons. The smallest absolute Gasteiger partial charge is 0.314 e. The van der Waals surface area contributed by atoms with E-state index >= 15 is 0 Å². The molecule has 2 saturated heterocycles. The predicted octanol–water partition coefficient (Wildman–Crippen LogP) is 0.352. The number of carbonyl (C=O) groups is 2. The number of hydrogen-bond donors (Lipinski definition) is 1. The summed E-state index contributed by atoms with van der Waals surface area (Å²) in [5.74, 6) is 2.21. The highest BCUT2D eigenvalue weighted by Crippen LogP contribution is 2.20. The van der Waals surface area contributed by atoms with E-state index in [4.69, 9.17) is 5.73 Å². The lowest BCUT2D eigenvalue weighted by Crippen LogP contribution is -2.49. The number of rotatable bonds is 1. The number of likely N-dealkylation sites (tertiary alicyclic amines) is 1. The maximum atomic E-state index is 12.3. The molecule has 2 aliphatic heterocycles. The largest absolute Gasteiger partial charge is 0.351 e. The highest BCUT2D eigenvalue weighted by molar-refractivity contribution is 7.99. The molecule has 0 aromatic heterocycles. The van der Waals surface area contributed by atoms with Crippen molar-refractivity contribution in [2.24, 2.45) is 11.7 Å². The van der Waals surface area contributed by atoms with E-state index in [9.17, 15) is 9.59 Å². The molecular weight excluding hydrogens is 238 g/mol. The van der Waals surface area contributed by atoms with Gasteiger partial charge in [-0.25, -0.2) is 4.79 Å². The second-order valence-corrected chi connectivity index (χ2v) is 5.79. The summed E-state index contributed by atoms with van der Waals surface area (Å²) in [6, 6.07) is -0.406. The number of nitrogens with zero attached hydrogens (tertiary/aromatic N) is 2. The average molecular weight is 257 g/mol. The van der Waals surface area contributed by atoms with Gasteiger partial charge in [-0.05, 0) is 12.8 Å². The Hall–Kier alpha value is -0.910. The Labute approximate surface area is 106 Å². The van der Waals surface area contributed by atoms with Crippen molar-refractivity contribution >= 4 is 23.7 Å². The number of piperidine rings is 1. The summed E-state index contributed by atoms with van der Waals surface area (Å²) in [5.41, 5.74) is 5.27. The molecule has 0 spiro atoms. The average Bonchev–Trinajstić information content (AvgIpc) is 2.39. The standard InChI is InChI=1S/C11H19N3O2S/c12-11(16)14-3-1-2-9(8-14)10(15)13-4-6-17-7-5-13/h9H,1-8H2,(H2,12,16)/t9-/m1/s1. The van der Waals surface area contributed by atoms with Crippen molar-refractivity contribution < 1.29 is 9.59 Å². The highest BCUT2D eigenvalue weighted by Gasteiger charge is 2.30. The summed E-state index contributed by atoms with van der Waals surface area (Å²) >= 11 is 1.89. The molecule has 0 aromatic rings. The quantitative estimate of drug-likeness (QED) is 0.737. The fourth-order valence-corrected chi connectivity index (χ4v) is 3.32. The molecule has 6 heteroatoms. The summed E-state index contributed by atoms with van der Waals surface area (Å²) in [5, 5.41) is 0. The van der Waals surface area contributed by atoms with Crippen LogP contribution in [0, 0.1) is 5.92 Å². The van der Waals surface area contributed by atoms with Crippen LogP contribution in [0.15, 0.2) is 0 Å². The van der Waals surface area contributed by atoms with Gasteiger partial charge in [-0.15, -0.1) is 0 Å². The first-order chi connectivity index (χ1) is 8.18. The molecule has 0 saturated carbocycles. The van der Waals surface area contributed by atoms with Gasteiger partial charge < -0.3 is 15.5 Å². The topological polar surface area (TPSA) is 66.6 Å². The summed E-state index contributed by atoms with van der Waals surface area (Å²) in [7, 11) is 0. The molecular formula is C11H19N3O2S. The van der Waals surface area contributed by atoms with Crippen molar-refractivity contribution in [2.45, 2.75) is 12.8 Å². The summed E-state index contributed by atoms with van der Waals surface area (Å²) < 4.78 is 0. The lowest BCUT2D eigenvalue weighted by Gasteiger charge is -2.35. The van der Waals surface area contributed by atoms with E-state index in [1.807, 2.05) is 16.7 Å². The number of thioether (sulfide) groups is 1. The summed E-state index contributed by atoms with van der Waals surface area (Å²) in [6.45, 7) is 2.87. The molecule has 17 heavy (non-hydrogen) atoms. The zero-order valence-corrected chi connectivity index (χ0v) is 10.7. The van der Waals surface area contributed by atoms with Crippen LogP contribution in [0.5, 0.6) is 0 Å². The Morgan fingerprint density at radius 1 is 1.12 bits per heavy atom. The van der Waals surface area contributed by atoms with Gasteiger partial charge in [-0.1, -0.05) is 0 Å². The van der Waals surface area contributed by atoms with Gasteiger partial charge in [0.25, 0.3) is 0 Å². The van der Waals surface area contributed by atoms with Crippen molar-refractivity contribution in [3.8, 4) is 0 Å². The van der Waals surface area contributed by atoms with E-state index in [-0.39, 0.29) is 11.8 Å². The normalized spacial score (nSPS) is 25.8. The molecule has 2 aliphatic rings. The molecule has 96 valence electrons. The predicted molar refractivity (Wildman–Crippen MR) is 67.8 cm³/mol. The van der Waals surface area contributed by atoms with Gasteiger partial charge in [0.15, 0.2) is 0 Å². The molecule has 2 N–H and O–H groups in total. The molecule has 0 aromatic carbocycles. The SMILES string of the molecule is NC(=O)N1CCC[C@@H](C(=O)N2CCSCC2)C1. The fourth-order valence-electron chi connectivity index (χ4n) is 2.42. The van der Waals surface area contributed by atoms with Crippen LogP contribution in [0.25, 0.3) is 0 Å². The van der Waals surface area contributed by atoms with Crippen LogP contribution < -0.4 is 5.73 Å². The summed E-state index contributed by atoms with van der Waals surface area (Å²) in [4.78, 5) is 26.9. The van der Waals surface area contributed by atoms with Crippen LogP contribution in [0.1, 0.15) is 12.8 Å². The third-order valence-electron chi connectivity index (χ3n) is 3.41. The Kier molecular flexibility index (Phi) is 4.15. The van der Waals surface area contributed by atoms with E-state index in [0.717, 1.165) is 37.4 Å². The first-order valence-corrected chi connectivity index (χ1v) is 7.25. The van der Waals surface area contributed by atoms with Crippen molar-refractivity contribution in [3.63, 3.8) is 0 Å². The van der Waals surface area contributed by atoms with Crippen LogP contribution in [0.2, 0.25) is 0 Å². The van der Waals surface area contributed by atoms with Crippen LogP contribution in [0.4, 0.5) is 4.79 Å². The van der Waals surface area contributed by atoms with Gasteiger partial charge in [0.05, 0.1) is 5.92 Å². The van der Waals surface area contributed by atoms with E-state index in [1.54, 1.807) is 4.90 Å². The van der Waals surface area contributed by atoms with Gasteiger partial charge in [0, 0.05) is 37.7 Å². The molecule has 2 fully saturated rings. The van der Waals surface area contributed by atoms with Crippen molar-refractivity contribution in [1.29, 1.82) is 0 Å². The molecule has 0 unspecified atom stereocenters. The third kappa shape index (κ3) is 3.06. The number of amides is 3. The Morgan fingerprint density at radius 2 is 1.82 bits per heavy atom. The van der Waals surface area contributed by atoms with E-state index < -0.39 is 6.03 Å². The van der Waals surface area contributed by atoms with Crippen molar-refractivity contribution in [3.05, 3.63) is 0 Å². The lowest BCUT2D eigenvalue weighted by atomic mass is 9.96. The van der Waals surface area contributed by atoms with Crippen LogP contribution in [-0.4, -0.2) is 59.4 Å². The minimum atomic E-state index is -0.406. The van der Waals surface area contributed by atoms with Gasteiger partial charge in [0.2, 0.25) is 5.91 Å². The van der Waals surface area contributed by atoms with Crippen LogP contribution in [0.3, 0.4) is 0 Å². The molecule has 0 bridgehead atoms. The van der Waals surface area contributed by atoms with Crippen molar-refractivity contribution in [1.82, 2.24) is 9.80 Å². The molecule has 2 heterocycles. The number of nitrogens with two attached hydrogens (primary N) is 1. The Balaban J connectivity index is 1.91. The molecule has 5 nitrogen and oxygen atoms in total. The van der Waals surface area contributed by atoms with E-state index in [1.165, 1.54) is 0 Å². The molecule has 2 rings (SSSR count). The second kappa shape index (κ2) is 5.62. The van der Waals surface area contributed by atoms with E-state index in [2.05, 4.69) is 0 Å². The van der Waals surface area contributed by atoms with Gasteiger partial charge in [0.1, 0.15) is 0 Å². The molecule has 0 aliphatic carbocycles. The molecule has 1 atom stereocenters. The van der Waals surface area contributed by atoms with Crippen molar-refractivity contribution in [2.75, 3.05) is 37.7 Å². The van der Waals surface area contributed by atoms with Gasteiger partial charge >= 0.3 is 6.03 Å². The van der Waals surface area contributed by atoms with Crippen LogP contribution in [-0.2, 0) is 4.79 Å².